The number of urea groups is 1. The zero-order chi connectivity index (χ0) is 15.2. The normalized spacial score (nSPS) is 14.9. The third-order valence-corrected chi connectivity index (χ3v) is 3.54. The molecule has 1 aliphatic heterocycles. The van der Waals surface area contributed by atoms with Gasteiger partial charge in [-0.3, -0.25) is 9.69 Å². The van der Waals surface area contributed by atoms with Gasteiger partial charge >= 0.3 is 6.03 Å². The number of hydrogen-bond donors (Lipinski definition) is 1. The van der Waals surface area contributed by atoms with Crippen LogP contribution in [-0.4, -0.2) is 43.0 Å². The fourth-order valence-corrected chi connectivity index (χ4v) is 2.31. The third-order valence-electron chi connectivity index (χ3n) is 3.54. The van der Waals surface area contributed by atoms with Crippen LogP contribution in [0, 0.1) is 5.92 Å². The minimum Gasteiger partial charge on any atom is -0.355 e. The number of rotatable bonds is 6. The van der Waals surface area contributed by atoms with Crippen LogP contribution in [0.5, 0.6) is 0 Å². The Morgan fingerprint density at radius 1 is 1.24 bits per heavy atom. The molecule has 0 spiro atoms. The quantitative estimate of drug-likeness (QED) is 0.872. The summed E-state index contributed by atoms with van der Waals surface area (Å²) in [7, 11) is 0. The van der Waals surface area contributed by atoms with E-state index in [9.17, 15) is 9.59 Å². The zero-order valence-electron chi connectivity index (χ0n) is 12.7. The second kappa shape index (κ2) is 7.11. The Bertz CT molecular complexity index is 488. The van der Waals surface area contributed by atoms with E-state index in [1.807, 2.05) is 30.3 Å². The zero-order valence-corrected chi connectivity index (χ0v) is 12.7. The number of nitrogens with zero attached hydrogens (tertiary/aromatic N) is 2. The standard InChI is InChI=1S/C16H23N3O2/c1-13(2)8-9-17-15(20)12-18-10-11-19(16(18)21)14-6-4-3-5-7-14/h3-7,13H,8-12H2,1-2H3,(H,17,20). The highest BCUT2D eigenvalue weighted by atomic mass is 16.2. The van der Waals surface area contributed by atoms with Gasteiger partial charge in [0.1, 0.15) is 6.54 Å². The van der Waals surface area contributed by atoms with Crippen LogP contribution in [-0.2, 0) is 4.79 Å². The summed E-state index contributed by atoms with van der Waals surface area (Å²) in [5.41, 5.74) is 0.880. The minimum absolute atomic E-state index is 0.0843. The van der Waals surface area contributed by atoms with Gasteiger partial charge in [0.25, 0.3) is 0 Å². The number of benzene rings is 1. The van der Waals surface area contributed by atoms with E-state index in [4.69, 9.17) is 0 Å². The van der Waals surface area contributed by atoms with Crippen molar-refractivity contribution in [3.05, 3.63) is 30.3 Å². The SMILES string of the molecule is CC(C)CCNC(=O)CN1CCN(c2ccccc2)C1=O. The molecule has 5 heteroatoms. The molecule has 1 fully saturated rings. The average molecular weight is 289 g/mol. The summed E-state index contributed by atoms with van der Waals surface area (Å²) in [4.78, 5) is 27.4. The van der Waals surface area contributed by atoms with Crippen LogP contribution in [0.25, 0.3) is 0 Å². The average Bonchev–Trinajstić information content (AvgIpc) is 2.81. The van der Waals surface area contributed by atoms with Gasteiger partial charge < -0.3 is 10.2 Å². The highest BCUT2D eigenvalue weighted by molar-refractivity contribution is 5.96. The van der Waals surface area contributed by atoms with Crippen LogP contribution >= 0.6 is 0 Å². The summed E-state index contributed by atoms with van der Waals surface area (Å²) >= 11 is 0. The van der Waals surface area contributed by atoms with Crippen molar-refractivity contribution in [2.45, 2.75) is 20.3 Å². The molecule has 1 aromatic rings. The largest absolute Gasteiger partial charge is 0.355 e. The van der Waals surface area contributed by atoms with Gasteiger partial charge in [0.05, 0.1) is 0 Å². The molecule has 0 atom stereocenters. The monoisotopic (exact) mass is 289 g/mol. The van der Waals surface area contributed by atoms with E-state index in [1.165, 1.54) is 0 Å². The van der Waals surface area contributed by atoms with Gasteiger partial charge in [-0.25, -0.2) is 4.79 Å². The van der Waals surface area contributed by atoms with E-state index in [-0.39, 0.29) is 18.5 Å². The summed E-state index contributed by atoms with van der Waals surface area (Å²) in [6.07, 6.45) is 0.954. The molecule has 0 aromatic heterocycles. The maximum absolute atomic E-state index is 12.3. The lowest BCUT2D eigenvalue weighted by Gasteiger charge is -2.18. The van der Waals surface area contributed by atoms with Crippen LogP contribution in [0.15, 0.2) is 30.3 Å². The smallest absolute Gasteiger partial charge is 0.325 e. The molecular formula is C16H23N3O2. The molecule has 0 aliphatic carbocycles. The molecule has 1 saturated heterocycles. The predicted octanol–water partition coefficient (Wildman–Crippen LogP) is 2.09. The molecular weight excluding hydrogens is 266 g/mol. The number of hydrogen-bond acceptors (Lipinski definition) is 2. The van der Waals surface area contributed by atoms with Crippen molar-refractivity contribution < 1.29 is 9.59 Å². The van der Waals surface area contributed by atoms with E-state index >= 15 is 0 Å². The van der Waals surface area contributed by atoms with E-state index in [2.05, 4.69) is 19.2 Å². The second-order valence-electron chi connectivity index (χ2n) is 5.72. The number of carbonyl (C=O) groups excluding carboxylic acids is 2. The molecule has 2 rings (SSSR count). The molecule has 0 unspecified atom stereocenters. The van der Waals surface area contributed by atoms with Crippen molar-refractivity contribution in [2.24, 2.45) is 5.92 Å². The fourth-order valence-electron chi connectivity index (χ4n) is 2.31. The number of anilines is 1. The first kappa shape index (κ1) is 15.4. The Morgan fingerprint density at radius 3 is 2.62 bits per heavy atom. The van der Waals surface area contributed by atoms with Crippen molar-refractivity contribution in [2.75, 3.05) is 31.1 Å². The summed E-state index contributed by atoms with van der Waals surface area (Å²) in [6.45, 7) is 6.26. The van der Waals surface area contributed by atoms with Gasteiger partial charge in [0.15, 0.2) is 0 Å². The summed E-state index contributed by atoms with van der Waals surface area (Å²) < 4.78 is 0. The molecule has 1 aliphatic rings. The number of amides is 3. The van der Waals surface area contributed by atoms with Crippen LogP contribution in [0.4, 0.5) is 10.5 Å². The van der Waals surface area contributed by atoms with Crippen LogP contribution < -0.4 is 10.2 Å². The molecule has 3 amide bonds. The van der Waals surface area contributed by atoms with Crippen molar-refractivity contribution in [3.8, 4) is 0 Å². The molecule has 21 heavy (non-hydrogen) atoms. The van der Waals surface area contributed by atoms with Gasteiger partial charge in [0, 0.05) is 25.3 Å². The molecule has 1 heterocycles. The first-order valence-electron chi connectivity index (χ1n) is 7.46. The highest BCUT2D eigenvalue weighted by Gasteiger charge is 2.30. The Kier molecular flexibility index (Phi) is 5.20. The van der Waals surface area contributed by atoms with Gasteiger partial charge in [-0.15, -0.1) is 0 Å². The van der Waals surface area contributed by atoms with Crippen LogP contribution in [0.1, 0.15) is 20.3 Å². The molecule has 5 nitrogen and oxygen atoms in total. The van der Waals surface area contributed by atoms with Gasteiger partial charge in [-0.05, 0) is 24.5 Å². The number of carbonyl (C=O) groups is 2. The van der Waals surface area contributed by atoms with Crippen molar-refractivity contribution >= 4 is 17.6 Å². The summed E-state index contributed by atoms with van der Waals surface area (Å²) in [6, 6.07) is 9.45. The van der Waals surface area contributed by atoms with E-state index in [1.54, 1.807) is 9.80 Å². The van der Waals surface area contributed by atoms with Crippen LogP contribution in [0.3, 0.4) is 0 Å². The van der Waals surface area contributed by atoms with Gasteiger partial charge in [0.2, 0.25) is 5.91 Å². The van der Waals surface area contributed by atoms with E-state index in [0.29, 0.717) is 25.6 Å². The first-order chi connectivity index (χ1) is 10.1. The molecule has 1 N–H and O–H groups in total. The lowest BCUT2D eigenvalue weighted by molar-refractivity contribution is -0.121. The highest BCUT2D eigenvalue weighted by Crippen LogP contribution is 2.19. The van der Waals surface area contributed by atoms with Crippen molar-refractivity contribution in [3.63, 3.8) is 0 Å². The Hall–Kier alpha value is -2.04. The summed E-state index contributed by atoms with van der Waals surface area (Å²) in [5.74, 6) is 0.478. The van der Waals surface area contributed by atoms with Crippen molar-refractivity contribution in [1.29, 1.82) is 0 Å². The number of nitrogens with one attached hydrogen (secondary N) is 1. The van der Waals surface area contributed by atoms with E-state index in [0.717, 1.165) is 12.1 Å². The van der Waals surface area contributed by atoms with Crippen LogP contribution in [0.2, 0.25) is 0 Å². The van der Waals surface area contributed by atoms with E-state index < -0.39 is 0 Å². The lowest BCUT2D eigenvalue weighted by Crippen LogP contribution is -2.40. The topological polar surface area (TPSA) is 52.7 Å². The maximum atomic E-state index is 12.3. The molecule has 0 bridgehead atoms. The van der Waals surface area contributed by atoms with Gasteiger partial charge in [-0.2, -0.15) is 0 Å². The third kappa shape index (κ3) is 4.21. The molecule has 1 aromatic carbocycles. The Balaban J connectivity index is 1.83. The van der Waals surface area contributed by atoms with Crippen molar-refractivity contribution in [1.82, 2.24) is 10.2 Å². The molecule has 0 radical (unpaired) electrons. The van der Waals surface area contributed by atoms with Gasteiger partial charge in [-0.1, -0.05) is 32.0 Å². The number of para-hydroxylation sites is 1. The predicted molar refractivity (Wildman–Crippen MR) is 83.2 cm³/mol. The molecule has 114 valence electrons. The first-order valence-corrected chi connectivity index (χ1v) is 7.46. The molecule has 0 saturated carbocycles. The lowest BCUT2D eigenvalue weighted by atomic mass is 10.1. The maximum Gasteiger partial charge on any atom is 0.325 e. The Morgan fingerprint density at radius 2 is 1.95 bits per heavy atom. The Labute approximate surface area is 125 Å². The fraction of sp³-hybridized carbons (Fsp3) is 0.500. The summed E-state index contributed by atoms with van der Waals surface area (Å²) in [5, 5.41) is 2.86. The minimum atomic E-state index is -0.0970. The second-order valence-corrected chi connectivity index (χ2v) is 5.72.